The number of hydrogen-bond donors (Lipinski definition) is 1. The van der Waals surface area contributed by atoms with E-state index in [9.17, 15) is 14.9 Å². The first kappa shape index (κ1) is 15.2. The molecule has 1 aliphatic heterocycles. The molecule has 2 heterocycles. The maximum atomic E-state index is 11.8. The largest absolute Gasteiger partial charge is 0.468 e. The first-order valence-corrected chi connectivity index (χ1v) is 7.23. The highest BCUT2D eigenvalue weighted by Crippen LogP contribution is 2.36. The van der Waals surface area contributed by atoms with Crippen molar-refractivity contribution >= 4 is 23.6 Å². The summed E-state index contributed by atoms with van der Waals surface area (Å²) in [4.78, 5) is 23.0. The zero-order valence-corrected chi connectivity index (χ0v) is 12.5. The normalized spacial score (nSPS) is 18.1. The molecule has 0 saturated heterocycles. The van der Waals surface area contributed by atoms with Crippen LogP contribution in [0.25, 0.3) is 0 Å². The smallest absolute Gasteiger partial charge is 0.316 e. The minimum atomic E-state index is -0.421. The van der Waals surface area contributed by atoms with Gasteiger partial charge < -0.3 is 14.5 Å². The Bertz CT molecular complexity index is 642. The molecular weight excluding hydrogens is 292 g/mol. The Hall–Kier alpha value is -2.20. The van der Waals surface area contributed by atoms with Crippen molar-refractivity contribution in [2.24, 2.45) is 0 Å². The number of carbonyl (C=O) groups excluding carboxylic acids is 2. The predicted octanol–water partition coefficient (Wildman–Crippen LogP) is 1.83. The van der Waals surface area contributed by atoms with Crippen LogP contribution in [0.4, 0.5) is 0 Å². The second-order valence-corrected chi connectivity index (χ2v) is 5.46. The lowest BCUT2D eigenvalue weighted by Gasteiger charge is -2.23. The Labute approximate surface area is 126 Å². The lowest BCUT2D eigenvalue weighted by Crippen LogP contribution is -2.31. The molecule has 0 spiro atoms. The SMILES string of the molecule is COC(=O)CSC1=C(C#N)[C@@H](c2ccc(C)o2)CC(=O)N1. The van der Waals surface area contributed by atoms with E-state index in [1.165, 1.54) is 7.11 Å². The zero-order chi connectivity index (χ0) is 15.4. The Morgan fingerprint density at radius 3 is 2.95 bits per heavy atom. The lowest BCUT2D eigenvalue weighted by atomic mass is 9.92. The van der Waals surface area contributed by atoms with Gasteiger partial charge in [0.2, 0.25) is 5.91 Å². The van der Waals surface area contributed by atoms with Crippen LogP contribution >= 0.6 is 11.8 Å². The van der Waals surface area contributed by atoms with E-state index < -0.39 is 11.9 Å². The van der Waals surface area contributed by atoms with Crippen LogP contribution in [0.15, 0.2) is 27.2 Å². The molecule has 6 nitrogen and oxygen atoms in total. The van der Waals surface area contributed by atoms with Crippen LogP contribution in [0.5, 0.6) is 0 Å². The van der Waals surface area contributed by atoms with Gasteiger partial charge in [0.05, 0.1) is 35.5 Å². The zero-order valence-electron chi connectivity index (χ0n) is 11.6. The minimum absolute atomic E-state index is 0.0290. The van der Waals surface area contributed by atoms with Crippen molar-refractivity contribution in [2.75, 3.05) is 12.9 Å². The number of nitriles is 1. The highest BCUT2D eigenvalue weighted by Gasteiger charge is 2.31. The van der Waals surface area contributed by atoms with Crippen LogP contribution in [0.2, 0.25) is 0 Å². The van der Waals surface area contributed by atoms with E-state index in [-0.39, 0.29) is 18.1 Å². The molecule has 1 aromatic rings. The second-order valence-electron chi connectivity index (χ2n) is 4.47. The molecule has 21 heavy (non-hydrogen) atoms. The van der Waals surface area contributed by atoms with Gasteiger partial charge in [-0.2, -0.15) is 5.26 Å². The van der Waals surface area contributed by atoms with E-state index in [1.54, 1.807) is 19.1 Å². The van der Waals surface area contributed by atoms with Gasteiger partial charge >= 0.3 is 5.97 Å². The van der Waals surface area contributed by atoms with E-state index in [1.807, 2.05) is 0 Å². The fourth-order valence-corrected chi connectivity index (χ4v) is 2.92. The van der Waals surface area contributed by atoms with Crippen molar-refractivity contribution < 1.29 is 18.7 Å². The van der Waals surface area contributed by atoms with E-state index in [4.69, 9.17) is 4.42 Å². The van der Waals surface area contributed by atoms with Crippen LogP contribution < -0.4 is 5.32 Å². The number of furan rings is 1. The molecule has 0 fully saturated rings. The number of thioether (sulfide) groups is 1. The van der Waals surface area contributed by atoms with Crippen molar-refractivity contribution in [3.05, 3.63) is 34.3 Å². The molecule has 0 saturated carbocycles. The van der Waals surface area contributed by atoms with Gasteiger partial charge in [0.25, 0.3) is 0 Å². The van der Waals surface area contributed by atoms with Crippen molar-refractivity contribution in [2.45, 2.75) is 19.3 Å². The molecule has 0 bridgehead atoms. The molecule has 110 valence electrons. The molecule has 7 heteroatoms. The average molecular weight is 306 g/mol. The Balaban J connectivity index is 2.30. The van der Waals surface area contributed by atoms with Crippen LogP contribution in [0.1, 0.15) is 23.9 Å². The summed E-state index contributed by atoms with van der Waals surface area (Å²) in [5.41, 5.74) is 0.401. The van der Waals surface area contributed by atoms with Gasteiger partial charge in [-0.3, -0.25) is 9.59 Å². The Morgan fingerprint density at radius 1 is 1.62 bits per heavy atom. The highest BCUT2D eigenvalue weighted by atomic mass is 32.2. The Kier molecular flexibility index (Phi) is 4.70. The van der Waals surface area contributed by atoms with Gasteiger partial charge in [-0.1, -0.05) is 11.8 Å². The van der Waals surface area contributed by atoms with Crippen molar-refractivity contribution in [3.63, 3.8) is 0 Å². The van der Waals surface area contributed by atoms with Gasteiger partial charge in [0.15, 0.2) is 0 Å². The molecular formula is C14H14N2O4S. The summed E-state index contributed by atoms with van der Waals surface area (Å²) >= 11 is 1.08. The third kappa shape index (κ3) is 3.47. The summed E-state index contributed by atoms with van der Waals surface area (Å²) in [7, 11) is 1.29. The van der Waals surface area contributed by atoms with Crippen LogP contribution in [-0.4, -0.2) is 24.7 Å². The van der Waals surface area contributed by atoms with E-state index >= 15 is 0 Å². The van der Waals surface area contributed by atoms with Gasteiger partial charge in [-0.15, -0.1) is 0 Å². The van der Waals surface area contributed by atoms with Gasteiger partial charge in [-0.05, 0) is 19.1 Å². The number of hydrogen-bond acceptors (Lipinski definition) is 6. The molecule has 1 atom stereocenters. The molecule has 1 N–H and O–H groups in total. The molecule has 0 unspecified atom stereocenters. The number of amides is 1. The van der Waals surface area contributed by atoms with Gasteiger partial charge in [0.1, 0.15) is 11.5 Å². The molecule has 0 aliphatic carbocycles. The van der Waals surface area contributed by atoms with E-state index in [0.717, 1.165) is 17.5 Å². The predicted molar refractivity (Wildman–Crippen MR) is 76.1 cm³/mol. The average Bonchev–Trinajstić information content (AvgIpc) is 2.90. The van der Waals surface area contributed by atoms with Crippen LogP contribution in [0, 0.1) is 18.3 Å². The van der Waals surface area contributed by atoms with E-state index in [2.05, 4.69) is 16.1 Å². The second kappa shape index (κ2) is 6.50. The monoisotopic (exact) mass is 306 g/mol. The minimum Gasteiger partial charge on any atom is -0.468 e. The fourth-order valence-electron chi connectivity index (χ4n) is 2.01. The quantitative estimate of drug-likeness (QED) is 0.853. The van der Waals surface area contributed by atoms with Gasteiger partial charge in [0, 0.05) is 6.42 Å². The summed E-state index contributed by atoms with van der Waals surface area (Å²) in [6, 6.07) is 5.66. The number of allylic oxidation sites excluding steroid dienone is 1. The van der Waals surface area contributed by atoms with Crippen molar-refractivity contribution in [3.8, 4) is 6.07 Å². The molecule has 0 radical (unpaired) electrons. The number of carbonyl (C=O) groups is 2. The van der Waals surface area contributed by atoms with Crippen molar-refractivity contribution in [1.29, 1.82) is 5.26 Å². The highest BCUT2D eigenvalue weighted by molar-refractivity contribution is 8.03. The topological polar surface area (TPSA) is 92.3 Å². The number of esters is 1. The summed E-state index contributed by atoms with van der Waals surface area (Å²) in [5, 5.41) is 12.4. The summed E-state index contributed by atoms with van der Waals surface area (Å²) in [5.74, 6) is 0.279. The molecule has 1 aliphatic rings. The van der Waals surface area contributed by atoms with Gasteiger partial charge in [-0.25, -0.2) is 0 Å². The number of aryl methyl sites for hydroxylation is 1. The molecule has 1 amide bonds. The fraction of sp³-hybridized carbons (Fsp3) is 0.357. The summed E-state index contributed by atoms with van der Waals surface area (Å²) < 4.78 is 10.1. The first-order valence-electron chi connectivity index (χ1n) is 6.25. The Morgan fingerprint density at radius 2 is 2.38 bits per heavy atom. The van der Waals surface area contributed by atoms with Crippen molar-refractivity contribution in [1.82, 2.24) is 5.32 Å². The van der Waals surface area contributed by atoms with E-state index in [0.29, 0.717) is 16.4 Å². The first-order chi connectivity index (χ1) is 10.0. The standard InChI is InChI=1S/C14H14N2O4S/c1-8-3-4-11(20-8)9-5-12(17)16-14(10(9)6-15)21-7-13(18)19-2/h3-4,9H,5,7H2,1-2H3,(H,16,17)/t9-/m0/s1. The third-order valence-electron chi connectivity index (χ3n) is 3.02. The number of ether oxygens (including phenoxy) is 1. The third-order valence-corrected chi connectivity index (χ3v) is 4.01. The molecule has 2 rings (SSSR count). The number of nitrogens with zero attached hydrogens (tertiary/aromatic N) is 1. The lowest BCUT2D eigenvalue weighted by molar-refractivity contribution is -0.137. The number of nitrogens with one attached hydrogen (secondary N) is 1. The molecule has 0 aromatic carbocycles. The molecule has 1 aromatic heterocycles. The maximum Gasteiger partial charge on any atom is 0.316 e. The van der Waals surface area contributed by atoms with Crippen LogP contribution in [-0.2, 0) is 14.3 Å². The van der Waals surface area contributed by atoms with Crippen LogP contribution in [0.3, 0.4) is 0 Å². The number of methoxy groups -OCH3 is 1. The summed E-state index contributed by atoms with van der Waals surface area (Å²) in [6.45, 7) is 1.80. The maximum absolute atomic E-state index is 11.8. The number of rotatable bonds is 4. The summed E-state index contributed by atoms with van der Waals surface area (Å²) in [6.07, 6.45) is 0.151.